The largest absolute Gasteiger partial charge is 0.416 e. The topological polar surface area (TPSA) is 41.1 Å². The summed E-state index contributed by atoms with van der Waals surface area (Å²) in [4.78, 5) is 11.5. The lowest BCUT2D eigenvalue weighted by Gasteiger charge is -2.39. The molecule has 1 aromatic carbocycles. The van der Waals surface area contributed by atoms with Crippen LogP contribution in [0, 0.1) is 17.7 Å². The molecule has 0 radical (unpaired) electrons. The molecule has 1 unspecified atom stereocenters. The van der Waals surface area contributed by atoms with E-state index in [1.807, 2.05) is 5.32 Å². The lowest BCUT2D eigenvalue weighted by Crippen LogP contribution is -2.59. The maximum absolute atomic E-state index is 13.5. The molecular weight excluding hydrogens is 276 g/mol. The van der Waals surface area contributed by atoms with Crippen LogP contribution in [0.5, 0.6) is 0 Å². The van der Waals surface area contributed by atoms with Gasteiger partial charge in [0.05, 0.1) is 0 Å². The minimum absolute atomic E-state index is 0.0784. The van der Waals surface area contributed by atoms with Gasteiger partial charge in [0.15, 0.2) is 5.54 Å². The molecule has 1 aliphatic rings. The summed E-state index contributed by atoms with van der Waals surface area (Å²) in [6.45, 7) is 1.39. The summed E-state index contributed by atoms with van der Waals surface area (Å²) in [5.41, 5.74) is -3.17. The molecule has 0 saturated heterocycles. The van der Waals surface area contributed by atoms with Crippen molar-refractivity contribution in [1.82, 2.24) is 5.32 Å². The van der Waals surface area contributed by atoms with E-state index in [0.29, 0.717) is 0 Å². The fraction of sp³-hybridized carbons (Fsp3) is 0.308. The van der Waals surface area contributed by atoms with E-state index in [1.165, 1.54) is 6.92 Å². The Bertz CT molecular complexity index is 615. The molecule has 106 valence electrons. The number of halogens is 4. The van der Waals surface area contributed by atoms with Gasteiger partial charge in [0.2, 0.25) is 0 Å². The molecule has 1 atom stereocenters. The summed E-state index contributed by atoms with van der Waals surface area (Å²) in [7, 11) is 0. The fourth-order valence-corrected chi connectivity index (χ4v) is 2.08. The number of carbonyl (C=O) groups excluding carboxylic acids is 1. The van der Waals surface area contributed by atoms with Crippen molar-refractivity contribution in [3.63, 3.8) is 0 Å². The van der Waals surface area contributed by atoms with Crippen LogP contribution < -0.4 is 10.6 Å². The number of hydrogen-bond acceptors (Lipinski definition) is 1. The number of alkyl halides is 3. The molecule has 0 fully saturated rings. The zero-order chi connectivity index (χ0) is 15.0. The first kappa shape index (κ1) is 14.2. The van der Waals surface area contributed by atoms with Crippen molar-refractivity contribution in [2.45, 2.75) is 25.1 Å². The molecule has 0 aliphatic carbocycles. The quantitative estimate of drug-likeness (QED) is 0.604. The van der Waals surface area contributed by atoms with Crippen LogP contribution in [0.15, 0.2) is 18.2 Å². The van der Waals surface area contributed by atoms with E-state index in [4.69, 9.17) is 0 Å². The molecule has 2 amide bonds. The first-order valence-corrected chi connectivity index (χ1v) is 5.66. The number of carbonyl (C=O) groups is 1. The molecule has 0 spiro atoms. The van der Waals surface area contributed by atoms with Crippen molar-refractivity contribution in [1.29, 1.82) is 0 Å². The molecule has 2 rings (SSSR count). The monoisotopic (exact) mass is 286 g/mol. The summed E-state index contributed by atoms with van der Waals surface area (Å²) in [6, 6.07) is 1.84. The average molecular weight is 286 g/mol. The second-order valence-electron chi connectivity index (χ2n) is 4.28. The van der Waals surface area contributed by atoms with Crippen LogP contribution in [-0.2, 0) is 5.54 Å². The van der Waals surface area contributed by atoms with Gasteiger partial charge in [0.1, 0.15) is 5.82 Å². The molecule has 1 aromatic rings. The first-order chi connectivity index (χ1) is 9.30. The predicted molar refractivity (Wildman–Crippen MR) is 64.4 cm³/mol. The smallest absolute Gasteiger partial charge is 0.319 e. The van der Waals surface area contributed by atoms with Crippen molar-refractivity contribution >= 4 is 11.7 Å². The molecule has 20 heavy (non-hydrogen) atoms. The molecule has 2 N–H and O–H groups in total. The summed E-state index contributed by atoms with van der Waals surface area (Å²) in [5, 5.41) is 4.07. The predicted octanol–water partition coefficient (Wildman–Crippen LogP) is 3.13. The van der Waals surface area contributed by atoms with Gasteiger partial charge >= 0.3 is 12.2 Å². The van der Waals surface area contributed by atoms with Crippen molar-refractivity contribution in [2.24, 2.45) is 0 Å². The van der Waals surface area contributed by atoms with E-state index >= 15 is 0 Å². The Morgan fingerprint density at radius 1 is 1.35 bits per heavy atom. The molecule has 0 bridgehead atoms. The zero-order valence-corrected chi connectivity index (χ0v) is 10.4. The summed E-state index contributed by atoms with van der Waals surface area (Å²) < 4.78 is 53.7. The Kier molecular flexibility index (Phi) is 3.34. The molecule has 1 heterocycles. The van der Waals surface area contributed by atoms with Gasteiger partial charge < -0.3 is 10.6 Å². The van der Waals surface area contributed by atoms with Crippen LogP contribution in [0.4, 0.5) is 28.0 Å². The van der Waals surface area contributed by atoms with Crippen LogP contribution in [0.2, 0.25) is 0 Å². The third-order valence-electron chi connectivity index (χ3n) is 3.03. The van der Waals surface area contributed by atoms with E-state index in [1.54, 1.807) is 0 Å². The number of fused-ring (bicyclic) bond motifs is 1. The number of amides is 2. The van der Waals surface area contributed by atoms with Gasteiger partial charge in [-0.3, -0.25) is 0 Å². The van der Waals surface area contributed by atoms with Crippen LogP contribution in [-0.4, -0.2) is 12.2 Å². The van der Waals surface area contributed by atoms with E-state index in [-0.39, 0.29) is 11.3 Å². The average Bonchev–Trinajstić information content (AvgIpc) is 2.35. The van der Waals surface area contributed by atoms with E-state index in [9.17, 15) is 22.4 Å². The third kappa shape index (κ3) is 2.18. The third-order valence-corrected chi connectivity index (χ3v) is 3.03. The highest BCUT2D eigenvalue weighted by Crippen LogP contribution is 2.46. The van der Waals surface area contributed by atoms with Crippen molar-refractivity contribution in [3.8, 4) is 11.8 Å². The van der Waals surface area contributed by atoms with Crippen molar-refractivity contribution in [3.05, 3.63) is 29.6 Å². The van der Waals surface area contributed by atoms with Crippen molar-refractivity contribution < 1.29 is 22.4 Å². The first-order valence-electron chi connectivity index (χ1n) is 5.66. The number of nitrogens with one attached hydrogen (secondary N) is 2. The van der Waals surface area contributed by atoms with Gasteiger partial charge in [-0.25, -0.2) is 9.18 Å². The Labute approximate surface area is 112 Å². The highest BCUT2D eigenvalue weighted by molar-refractivity contribution is 5.94. The highest BCUT2D eigenvalue weighted by Gasteiger charge is 2.59. The molecule has 0 saturated carbocycles. The van der Waals surface area contributed by atoms with Crippen molar-refractivity contribution in [2.75, 3.05) is 5.32 Å². The SMILES string of the molecule is CC#CCC1(C(F)(F)F)NC(=O)Nc2ccc(F)cc21. The summed E-state index contributed by atoms with van der Waals surface area (Å²) in [5.74, 6) is 3.85. The number of rotatable bonds is 1. The Balaban J connectivity index is 2.70. The maximum Gasteiger partial charge on any atom is 0.416 e. The van der Waals surface area contributed by atoms with E-state index in [0.717, 1.165) is 18.2 Å². The molecule has 7 heteroatoms. The van der Waals surface area contributed by atoms with Gasteiger partial charge in [0, 0.05) is 17.7 Å². The van der Waals surface area contributed by atoms with E-state index in [2.05, 4.69) is 17.2 Å². The minimum atomic E-state index is -4.81. The van der Waals surface area contributed by atoms with Gasteiger partial charge in [0.25, 0.3) is 0 Å². The lowest BCUT2D eigenvalue weighted by molar-refractivity contribution is -0.196. The second kappa shape index (κ2) is 4.71. The highest BCUT2D eigenvalue weighted by atomic mass is 19.4. The normalized spacial score (nSPS) is 21.1. The fourth-order valence-electron chi connectivity index (χ4n) is 2.08. The Morgan fingerprint density at radius 2 is 2.05 bits per heavy atom. The van der Waals surface area contributed by atoms with E-state index < -0.39 is 30.0 Å². The van der Waals surface area contributed by atoms with Crippen LogP contribution in [0.3, 0.4) is 0 Å². The molecule has 3 nitrogen and oxygen atoms in total. The van der Waals surface area contributed by atoms with Gasteiger partial charge in [-0.15, -0.1) is 11.8 Å². The van der Waals surface area contributed by atoms with Crippen LogP contribution in [0.1, 0.15) is 18.9 Å². The Morgan fingerprint density at radius 3 is 2.65 bits per heavy atom. The lowest BCUT2D eigenvalue weighted by atomic mass is 9.83. The molecule has 1 aliphatic heterocycles. The minimum Gasteiger partial charge on any atom is -0.319 e. The maximum atomic E-state index is 13.5. The number of benzene rings is 1. The summed E-state index contributed by atoms with van der Waals surface area (Å²) >= 11 is 0. The Hall–Kier alpha value is -2.23. The number of hydrogen-bond donors (Lipinski definition) is 2. The van der Waals surface area contributed by atoms with Crippen LogP contribution in [0.25, 0.3) is 0 Å². The zero-order valence-electron chi connectivity index (χ0n) is 10.4. The van der Waals surface area contributed by atoms with Gasteiger partial charge in [-0.2, -0.15) is 13.2 Å². The molecule has 0 aromatic heterocycles. The summed E-state index contributed by atoms with van der Waals surface area (Å²) in [6.07, 6.45) is -5.49. The van der Waals surface area contributed by atoms with Gasteiger partial charge in [-0.1, -0.05) is 0 Å². The second-order valence-corrected chi connectivity index (χ2v) is 4.28. The number of urea groups is 1. The number of anilines is 1. The van der Waals surface area contributed by atoms with Crippen LogP contribution >= 0.6 is 0 Å². The van der Waals surface area contributed by atoms with Gasteiger partial charge in [-0.05, 0) is 25.1 Å². The molecular formula is C13H10F4N2O. The standard InChI is InChI=1S/C13H10F4N2O/c1-2-3-6-12(13(15,16)17)9-7-8(14)4-5-10(9)18-11(20)19-12/h4-5,7H,6H2,1H3,(H2,18,19,20).